The summed E-state index contributed by atoms with van der Waals surface area (Å²) in [4.78, 5) is 4.88. The molecule has 1 N–H and O–H groups in total. The summed E-state index contributed by atoms with van der Waals surface area (Å²) in [5, 5.41) is 0. The number of hydrogen-bond acceptors (Lipinski definition) is 7. The molecule has 0 spiro atoms. The van der Waals surface area contributed by atoms with Gasteiger partial charge in [-0.25, -0.2) is 13.1 Å². The maximum absolute atomic E-state index is 13.0. The van der Waals surface area contributed by atoms with Crippen LogP contribution in [-0.2, 0) is 10.0 Å². The summed E-state index contributed by atoms with van der Waals surface area (Å²) < 4.78 is 45.1. The highest BCUT2D eigenvalue weighted by molar-refractivity contribution is 7.89. The predicted octanol–water partition coefficient (Wildman–Crippen LogP) is 2.08. The molecule has 1 atom stereocenters. The van der Waals surface area contributed by atoms with Crippen LogP contribution in [0.4, 0.5) is 0 Å². The van der Waals surface area contributed by atoms with Gasteiger partial charge in [0.1, 0.15) is 5.75 Å². The van der Waals surface area contributed by atoms with E-state index in [4.69, 9.17) is 14.2 Å². The van der Waals surface area contributed by atoms with Gasteiger partial charge >= 0.3 is 0 Å². The summed E-state index contributed by atoms with van der Waals surface area (Å²) in [7, 11) is -2.08. The molecule has 0 aromatic heterocycles. The number of fused-ring (bicyclic) bond motifs is 1. The zero-order chi connectivity index (χ0) is 21.8. The number of hydrogen-bond donors (Lipinski definition) is 1. The second-order valence-electron chi connectivity index (χ2n) is 7.59. The molecule has 2 heterocycles. The Hall–Kier alpha value is -2.33. The van der Waals surface area contributed by atoms with E-state index in [1.54, 1.807) is 13.2 Å². The molecule has 0 unspecified atom stereocenters. The first-order valence-electron chi connectivity index (χ1n) is 10.5. The van der Waals surface area contributed by atoms with Crippen molar-refractivity contribution in [2.45, 2.75) is 17.9 Å². The number of para-hydroxylation sites is 1. The monoisotopic (exact) mass is 447 g/mol. The van der Waals surface area contributed by atoms with Gasteiger partial charge in [0.2, 0.25) is 16.8 Å². The summed E-state index contributed by atoms with van der Waals surface area (Å²) in [6, 6.07) is 12.3. The van der Waals surface area contributed by atoms with Gasteiger partial charge in [0.05, 0.1) is 18.0 Å². The molecule has 4 rings (SSSR count). The Morgan fingerprint density at radius 3 is 2.55 bits per heavy atom. The number of sulfonamides is 1. The highest BCUT2D eigenvalue weighted by Gasteiger charge is 2.29. The SMILES string of the molecule is CCN1CCN([C@@H](CNS(=O)(=O)c2ccc3c(c2)OCO3)c2ccccc2OC)CC1. The van der Waals surface area contributed by atoms with Crippen molar-refractivity contribution < 1.29 is 22.6 Å². The first-order chi connectivity index (χ1) is 15.0. The molecule has 1 saturated heterocycles. The quantitative estimate of drug-likeness (QED) is 0.664. The lowest BCUT2D eigenvalue weighted by molar-refractivity contribution is 0.0993. The molecule has 31 heavy (non-hydrogen) atoms. The lowest BCUT2D eigenvalue weighted by Gasteiger charge is -2.39. The minimum absolute atomic E-state index is 0.103. The van der Waals surface area contributed by atoms with E-state index in [1.165, 1.54) is 12.1 Å². The van der Waals surface area contributed by atoms with E-state index in [2.05, 4.69) is 21.4 Å². The molecule has 2 aromatic rings. The molecule has 0 aliphatic carbocycles. The number of likely N-dealkylation sites (N-methyl/N-ethyl adjacent to an activating group) is 1. The fourth-order valence-corrected chi connectivity index (χ4v) is 5.14. The molecular weight excluding hydrogens is 418 g/mol. The molecule has 0 bridgehead atoms. The van der Waals surface area contributed by atoms with Crippen LogP contribution in [0.5, 0.6) is 17.2 Å². The largest absolute Gasteiger partial charge is 0.496 e. The van der Waals surface area contributed by atoms with Crippen molar-refractivity contribution in [2.24, 2.45) is 0 Å². The van der Waals surface area contributed by atoms with Crippen molar-refractivity contribution >= 4 is 10.0 Å². The fraction of sp³-hybridized carbons (Fsp3) is 0.455. The number of nitrogens with zero attached hydrogens (tertiary/aromatic N) is 2. The Balaban J connectivity index is 1.56. The van der Waals surface area contributed by atoms with E-state index in [-0.39, 0.29) is 24.3 Å². The van der Waals surface area contributed by atoms with Crippen molar-refractivity contribution in [2.75, 3.05) is 53.2 Å². The van der Waals surface area contributed by atoms with Crippen LogP contribution in [0.1, 0.15) is 18.5 Å². The Morgan fingerprint density at radius 2 is 1.81 bits per heavy atom. The average molecular weight is 448 g/mol. The molecule has 9 heteroatoms. The van der Waals surface area contributed by atoms with E-state index >= 15 is 0 Å². The molecular formula is C22H29N3O5S. The van der Waals surface area contributed by atoms with Gasteiger partial charge in [-0.3, -0.25) is 4.90 Å². The van der Waals surface area contributed by atoms with E-state index in [1.807, 2.05) is 24.3 Å². The Labute approximate surface area is 183 Å². The molecule has 0 radical (unpaired) electrons. The van der Waals surface area contributed by atoms with Gasteiger partial charge in [0.25, 0.3) is 0 Å². The highest BCUT2D eigenvalue weighted by atomic mass is 32.2. The van der Waals surface area contributed by atoms with Crippen molar-refractivity contribution in [3.8, 4) is 17.2 Å². The number of rotatable bonds is 8. The Bertz CT molecular complexity index is 1010. The van der Waals surface area contributed by atoms with E-state index < -0.39 is 10.0 Å². The maximum Gasteiger partial charge on any atom is 0.240 e. The van der Waals surface area contributed by atoms with Crippen LogP contribution in [0.15, 0.2) is 47.4 Å². The van der Waals surface area contributed by atoms with Gasteiger partial charge in [0.15, 0.2) is 11.5 Å². The third kappa shape index (κ3) is 4.79. The topological polar surface area (TPSA) is 80.3 Å². The summed E-state index contributed by atoms with van der Waals surface area (Å²) in [5.41, 5.74) is 0.975. The predicted molar refractivity (Wildman–Crippen MR) is 117 cm³/mol. The van der Waals surface area contributed by atoms with Crippen LogP contribution in [0.3, 0.4) is 0 Å². The van der Waals surface area contributed by atoms with Gasteiger partial charge in [-0.05, 0) is 24.7 Å². The molecule has 2 aliphatic rings. The van der Waals surface area contributed by atoms with Gasteiger partial charge in [-0.15, -0.1) is 0 Å². The van der Waals surface area contributed by atoms with Crippen LogP contribution in [0, 0.1) is 0 Å². The molecule has 8 nitrogen and oxygen atoms in total. The van der Waals surface area contributed by atoms with Gasteiger partial charge < -0.3 is 19.1 Å². The van der Waals surface area contributed by atoms with Crippen molar-refractivity contribution in [1.82, 2.24) is 14.5 Å². The smallest absolute Gasteiger partial charge is 0.240 e. The number of nitrogens with one attached hydrogen (secondary N) is 1. The van der Waals surface area contributed by atoms with Crippen LogP contribution in [0.2, 0.25) is 0 Å². The molecule has 0 amide bonds. The number of benzene rings is 2. The second-order valence-corrected chi connectivity index (χ2v) is 9.36. The highest BCUT2D eigenvalue weighted by Crippen LogP contribution is 2.34. The third-order valence-electron chi connectivity index (χ3n) is 5.91. The van der Waals surface area contributed by atoms with Crippen LogP contribution >= 0.6 is 0 Å². The summed E-state index contributed by atoms with van der Waals surface area (Å²) in [6.45, 7) is 7.16. The molecule has 1 fully saturated rings. The molecule has 2 aromatic carbocycles. The van der Waals surface area contributed by atoms with Crippen molar-refractivity contribution in [3.05, 3.63) is 48.0 Å². The number of piperazine rings is 1. The standard InChI is InChI=1S/C22H29N3O5S/c1-3-24-10-12-25(13-11-24)19(18-6-4-5-7-20(18)28-2)15-23-31(26,27)17-8-9-21-22(14-17)30-16-29-21/h4-9,14,19,23H,3,10-13,15-16H2,1-2H3/t19-/m0/s1. The zero-order valence-electron chi connectivity index (χ0n) is 17.9. The summed E-state index contributed by atoms with van der Waals surface area (Å²) in [5.74, 6) is 1.76. The first-order valence-corrected chi connectivity index (χ1v) is 12.0. The average Bonchev–Trinajstić information content (AvgIpc) is 3.28. The second kappa shape index (κ2) is 9.44. The van der Waals surface area contributed by atoms with E-state index in [0.29, 0.717) is 11.5 Å². The van der Waals surface area contributed by atoms with Crippen LogP contribution < -0.4 is 18.9 Å². The van der Waals surface area contributed by atoms with Crippen LogP contribution in [0.25, 0.3) is 0 Å². The van der Waals surface area contributed by atoms with Crippen LogP contribution in [-0.4, -0.2) is 71.4 Å². The summed E-state index contributed by atoms with van der Waals surface area (Å²) in [6.07, 6.45) is 0. The Kier molecular flexibility index (Phi) is 6.66. The first kappa shape index (κ1) is 21.9. The molecule has 168 valence electrons. The number of methoxy groups -OCH3 is 1. The minimum Gasteiger partial charge on any atom is -0.496 e. The lowest BCUT2D eigenvalue weighted by Crippen LogP contribution is -2.49. The zero-order valence-corrected chi connectivity index (χ0v) is 18.7. The van der Waals surface area contributed by atoms with E-state index in [9.17, 15) is 8.42 Å². The van der Waals surface area contributed by atoms with Crippen molar-refractivity contribution in [1.29, 1.82) is 0 Å². The van der Waals surface area contributed by atoms with Gasteiger partial charge in [0, 0.05) is 44.4 Å². The Morgan fingerprint density at radius 1 is 1.06 bits per heavy atom. The van der Waals surface area contributed by atoms with E-state index in [0.717, 1.165) is 44.0 Å². The summed E-state index contributed by atoms with van der Waals surface area (Å²) >= 11 is 0. The van der Waals surface area contributed by atoms with Gasteiger partial charge in [-0.2, -0.15) is 0 Å². The third-order valence-corrected chi connectivity index (χ3v) is 7.34. The van der Waals surface area contributed by atoms with Crippen molar-refractivity contribution in [3.63, 3.8) is 0 Å². The molecule has 0 saturated carbocycles. The fourth-order valence-electron chi connectivity index (χ4n) is 4.08. The van der Waals surface area contributed by atoms with Gasteiger partial charge in [-0.1, -0.05) is 25.1 Å². The molecule has 2 aliphatic heterocycles. The maximum atomic E-state index is 13.0. The minimum atomic E-state index is -3.72. The normalized spacial score (nSPS) is 18.1. The lowest BCUT2D eigenvalue weighted by atomic mass is 10.0. The number of ether oxygens (including phenoxy) is 3.